The summed E-state index contributed by atoms with van der Waals surface area (Å²) in [5.41, 5.74) is 2.51. The number of carbonyl (C=O) groups is 3. The van der Waals surface area contributed by atoms with Crippen LogP contribution in [0.4, 0.5) is 19.3 Å². The van der Waals surface area contributed by atoms with E-state index in [-0.39, 0.29) is 10.6 Å². The predicted molar refractivity (Wildman–Crippen MR) is 115 cm³/mol. The van der Waals surface area contributed by atoms with Crippen LogP contribution in [0.25, 0.3) is 17.0 Å². The number of nitrogens with one attached hydrogen (secondary N) is 1. The maximum atomic E-state index is 13.7. The zero-order valence-electron chi connectivity index (χ0n) is 16.6. The molecule has 1 N–H and O–H groups in total. The second-order valence-electron chi connectivity index (χ2n) is 7.02. The number of aryl methyl sites for hydroxylation is 1. The number of amides is 3. The van der Waals surface area contributed by atoms with E-state index in [2.05, 4.69) is 5.32 Å². The molecule has 0 atom stereocenters. The van der Waals surface area contributed by atoms with Gasteiger partial charge >= 0.3 is 0 Å². The molecule has 2 aromatic carbocycles. The highest BCUT2D eigenvalue weighted by atomic mass is 32.2. The van der Waals surface area contributed by atoms with E-state index < -0.39 is 35.2 Å². The number of para-hydroxylation sites is 1. The molecule has 158 valence electrons. The first-order chi connectivity index (χ1) is 14.8. The van der Waals surface area contributed by atoms with E-state index >= 15 is 0 Å². The molecule has 4 rings (SSSR count). The van der Waals surface area contributed by atoms with Crippen molar-refractivity contribution in [2.45, 2.75) is 6.92 Å². The molecule has 1 aliphatic rings. The number of imide groups is 1. The average Bonchev–Trinajstić information content (AvgIpc) is 3.13. The third-order valence-corrected chi connectivity index (χ3v) is 6.01. The predicted octanol–water partition coefficient (Wildman–Crippen LogP) is 4.44. The molecule has 0 bridgehead atoms. The summed E-state index contributed by atoms with van der Waals surface area (Å²) in [5.74, 6) is -3.10. The van der Waals surface area contributed by atoms with E-state index in [4.69, 9.17) is 0 Å². The molecule has 1 fully saturated rings. The third-order valence-electron chi connectivity index (χ3n) is 5.10. The van der Waals surface area contributed by atoms with Crippen molar-refractivity contribution in [1.29, 1.82) is 0 Å². The van der Waals surface area contributed by atoms with Gasteiger partial charge in [0.05, 0.1) is 10.6 Å². The maximum absolute atomic E-state index is 13.7. The quantitative estimate of drug-likeness (QED) is 0.608. The molecule has 1 aliphatic heterocycles. The molecule has 6 nitrogen and oxygen atoms in total. The van der Waals surface area contributed by atoms with Crippen LogP contribution in [0.2, 0.25) is 0 Å². The Bertz CT molecular complexity index is 1280. The van der Waals surface area contributed by atoms with Gasteiger partial charge in [0.25, 0.3) is 11.1 Å². The Labute approximate surface area is 180 Å². The van der Waals surface area contributed by atoms with Crippen LogP contribution >= 0.6 is 11.8 Å². The van der Waals surface area contributed by atoms with Crippen molar-refractivity contribution < 1.29 is 23.2 Å². The molecule has 0 radical (unpaired) electrons. The van der Waals surface area contributed by atoms with Crippen LogP contribution in [0.5, 0.6) is 0 Å². The summed E-state index contributed by atoms with van der Waals surface area (Å²) in [6.45, 7) is 1.34. The number of hydrogen-bond donors (Lipinski definition) is 1. The lowest BCUT2D eigenvalue weighted by atomic mass is 10.1. The Morgan fingerprint density at radius 2 is 1.90 bits per heavy atom. The molecule has 1 saturated heterocycles. The highest BCUT2D eigenvalue weighted by Gasteiger charge is 2.36. The topological polar surface area (TPSA) is 71.4 Å². The molecule has 0 unspecified atom stereocenters. The van der Waals surface area contributed by atoms with Crippen molar-refractivity contribution >= 4 is 51.5 Å². The van der Waals surface area contributed by atoms with Crippen LogP contribution in [0, 0.1) is 18.6 Å². The number of anilines is 1. The fourth-order valence-electron chi connectivity index (χ4n) is 3.42. The minimum Gasteiger partial charge on any atom is -0.347 e. The van der Waals surface area contributed by atoms with E-state index in [9.17, 15) is 23.2 Å². The maximum Gasteiger partial charge on any atom is 0.294 e. The van der Waals surface area contributed by atoms with Crippen molar-refractivity contribution in [3.8, 4) is 0 Å². The summed E-state index contributed by atoms with van der Waals surface area (Å²) in [6.07, 6.45) is 1.65. The first-order valence-corrected chi connectivity index (χ1v) is 10.1. The number of carbonyl (C=O) groups excluding carboxylic acids is 3. The van der Waals surface area contributed by atoms with Gasteiger partial charge < -0.3 is 9.88 Å². The molecule has 1 aromatic heterocycles. The van der Waals surface area contributed by atoms with Gasteiger partial charge in [0, 0.05) is 35.3 Å². The van der Waals surface area contributed by atoms with Gasteiger partial charge in [-0.05, 0) is 43.0 Å². The number of fused-ring (bicyclic) bond motifs is 1. The second-order valence-corrected chi connectivity index (χ2v) is 8.01. The molecule has 0 spiro atoms. The molecular formula is C22H17F2N3O3S. The van der Waals surface area contributed by atoms with Gasteiger partial charge in [-0.15, -0.1) is 0 Å². The van der Waals surface area contributed by atoms with Crippen LogP contribution in [0.1, 0.15) is 11.3 Å². The number of hydrogen-bond acceptors (Lipinski definition) is 4. The van der Waals surface area contributed by atoms with E-state index in [0.29, 0.717) is 6.07 Å². The van der Waals surface area contributed by atoms with Gasteiger partial charge in [-0.25, -0.2) is 8.78 Å². The summed E-state index contributed by atoms with van der Waals surface area (Å²) in [7, 11) is 1.92. The molecular weight excluding hydrogens is 424 g/mol. The zero-order chi connectivity index (χ0) is 22.3. The van der Waals surface area contributed by atoms with E-state index in [1.54, 1.807) is 6.08 Å². The van der Waals surface area contributed by atoms with Crippen molar-refractivity contribution in [2.24, 2.45) is 7.05 Å². The average molecular weight is 441 g/mol. The summed E-state index contributed by atoms with van der Waals surface area (Å²) in [5, 5.41) is 2.60. The van der Waals surface area contributed by atoms with Crippen LogP contribution in [-0.4, -0.2) is 33.1 Å². The van der Waals surface area contributed by atoms with Gasteiger partial charge in [-0.1, -0.05) is 18.2 Å². The van der Waals surface area contributed by atoms with Crippen LogP contribution in [0.15, 0.2) is 47.4 Å². The fraction of sp³-hybridized carbons (Fsp3) is 0.136. The summed E-state index contributed by atoms with van der Waals surface area (Å²) >= 11 is 0.742. The molecule has 31 heavy (non-hydrogen) atoms. The molecule has 9 heteroatoms. The molecule has 3 aromatic rings. The summed E-state index contributed by atoms with van der Waals surface area (Å²) in [4.78, 5) is 38.4. The highest BCUT2D eigenvalue weighted by molar-refractivity contribution is 8.18. The van der Waals surface area contributed by atoms with Crippen molar-refractivity contribution in [3.63, 3.8) is 0 Å². The van der Waals surface area contributed by atoms with Crippen molar-refractivity contribution in [1.82, 2.24) is 9.47 Å². The molecule has 2 heterocycles. The second kappa shape index (κ2) is 7.99. The van der Waals surface area contributed by atoms with Crippen molar-refractivity contribution in [2.75, 3.05) is 11.9 Å². The summed E-state index contributed by atoms with van der Waals surface area (Å²) in [6, 6.07) is 10.4. The zero-order valence-corrected chi connectivity index (χ0v) is 17.4. The van der Waals surface area contributed by atoms with E-state index in [1.807, 2.05) is 42.8 Å². The Morgan fingerprint density at radius 1 is 1.16 bits per heavy atom. The smallest absolute Gasteiger partial charge is 0.294 e. The Hall–Kier alpha value is -3.46. The third kappa shape index (κ3) is 3.84. The fourth-order valence-corrected chi connectivity index (χ4v) is 4.24. The number of nitrogens with zero attached hydrogens (tertiary/aromatic N) is 2. The Balaban J connectivity index is 1.56. The van der Waals surface area contributed by atoms with Gasteiger partial charge in [-0.2, -0.15) is 0 Å². The monoisotopic (exact) mass is 441 g/mol. The van der Waals surface area contributed by atoms with Crippen LogP contribution < -0.4 is 5.32 Å². The Kier molecular flexibility index (Phi) is 5.36. The standard InChI is InChI=1S/C22H17F2N3O3S/c1-12-15(14-5-3-4-6-18(14)26(12)2)10-19-21(29)27(22(30)31-19)11-20(28)25-17-8-7-13(23)9-16(17)24/h3-10H,11H2,1-2H3,(H,25,28)/b19-10-. The van der Waals surface area contributed by atoms with Gasteiger partial charge in [-0.3, -0.25) is 19.3 Å². The van der Waals surface area contributed by atoms with E-state index in [1.165, 1.54) is 0 Å². The lowest BCUT2D eigenvalue weighted by Gasteiger charge is -2.12. The van der Waals surface area contributed by atoms with Crippen molar-refractivity contribution in [3.05, 3.63) is 70.3 Å². The largest absolute Gasteiger partial charge is 0.347 e. The highest BCUT2D eigenvalue weighted by Crippen LogP contribution is 2.35. The normalized spacial score (nSPS) is 15.4. The lowest BCUT2D eigenvalue weighted by Crippen LogP contribution is -2.36. The minimum absolute atomic E-state index is 0.199. The minimum atomic E-state index is -0.950. The van der Waals surface area contributed by atoms with Gasteiger partial charge in [0.2, 0.25) is 5.91 Å². The molecule has 0 aliphatic carbocycles. The molecule has 3 amide bonds. The van der Waals surface area contributed by atoms with Gasteiger partial charge in [0.15, 0.2) is 0 Å². The number of rotatable bonds is 4. The van der Waals surface area contributed by atoms with Crippen LogP contribution in [-0.2, 0) is 16.6 Å². The van der Waals surface area contributed by atoms with Gasteiger partial charge in [0.1, 0.15) is 18.2 Å². The SMILES string of the molecule is Cc1c(/C=C2\SC(=O)N(CC(=O)Nc3ccc(F)cc3F)C2=O)c2ccccc2n1C. The molecule has 0 saturated carbocycles. The summed E-state index contributed by atoms with van der Waals surface area (Å²) < 4.78 is 28.7. The lowest BCUT2D eigenvalue weighted by molar-refractivity contribution is -0.127. The first kappa shape index (κ1) is 20.8. The van der Waals surface area contributed by atoms with E-state index in [0.717, 1.165) is 51.0 Å². The number of benzene rings is 2. The number of aromatic nitrogens is 1. The number of thioether (sulfide) groups is 1. The first-order valence-electron chi connectivity index (χ1n) is 9.30. The number of halogens is 2. The Morgan fingerprint density at radius 3 is 2.65 bits per heavy atom. The van der Waals surface area contributed by atoms with Crippen LogP contribution in [0.3, 0.4) is 0 Å².